The van der Waals surface area contributed by atoms with E-state index in [9.17, 15) is 13.2 Å². The molecule has 0 saturated carbocycles. The van der Waals surface area contributed by atoms with Gasteiger partial charge in [-0.3, -0.25) is 4.79 Å². The van der Waals surface area contributed by atoms with Crippen LogP contribution < -0.4 is 0 Å². The highest BCUT2D eigenvalue weighted by Crippen LogP contribution is 2.45. The van der Waals surface area contributed by atoms with Gasteiger partial charge in [0.15, 0.2) is 9.84 Å². The summed E-state index contributed by atoms with van der Waals surface area (Å²) < 4.78 is 23.2. The fourth-order valence-corrected chi connectivity index (χ4v) is 4.77. The van der Waals surface area contributed by atoms with Gasteiger partial charge in [-0.05, 0) is 19.4 Å². The zero-order valence-electron chi connectivity index (χ0n) is 8.99. The Hall–Kier alpha value is -1.27. The second kappa shape index (κ2) is 3.11. The molecule has 1 amide bonds. The van der Waals surface area contributed by atoms with Crippen LogP contribution >= 0.6 is 0 Å². The first-order valence-electron chi connectivity index (χ1n) is 4.91. The predicted molar refractivity (Wildman–Crippen MR) is 56.1 cm³/mol. The lowest BCUT2D eigenvalue weighted by Crippen LogP contribution is -2.53. The Morgan fingerprint density at radius 1 is 1.69 bits per heavy atom. The normalized spacial score (nSPS) is 39.9. The molecule has 2 aliphatic heterocycles. The molecule has 1 unspecified atom stereocenters. The van der Waals surface area contributed by atoms with Gasteiger partial charge in [-0.1, -0.05) is 5.11 Å². The second-order valence-electron chi connectivity index (χ2n) is 4.38. The molecule has 0 aliphatic carbocycles. The molecule has 2 rings (SSSR count). The minimum Gasteiger partial charge on any atom is -0.321 e. The Morgan fingerprint density at radius 3 is 2.75 bits per heavy atom. The smallest absolute Gasteiger partial charge is 0.227 e. The number of azide groups is 1. The van der Waals surface area contributed by atoms with Crippen LogP contribution in [0.5, 0.6) is 0 Å². The number of carbonyl (C=O) groups excluding carboxylic acids is 1. The number of nitrogens with zero attached hydrogens (tertiary/aromatic N) is 4. The molecule has 8 heteroatoms. The Balaban J connectivity index is 2.46. The third-order valence-electron chi connectivity index (χ3n) is 3.70. The molecule has 0 spiro atoms. The molecule has 2 aliphatic rings. The minimum absolute atomic E-state index is 0.0541. The zero-order valence-corrected chi connectivity index (χ0v) is 9.81. The average Bonchev–Trinajstić information content (AvgIpc) is 2.31. The summed E-state index contributed by atoms with van der Waals surface area (Å²) in [4.78, 5) is 15.3. The molecule has 3 atom stereocenters. The summed E-state index contributed by atoms with van der Waals surface area (Å²) in [7, 11) is -3.44. The van der Waals surface area contributed by atoms with Crippen molar-refractivity contribution in [1.82, 2.24) is 4.90 Å². The topological polar surface area (TPSA) is 103 Å². The summed E-state index contributed by atoms with van der Waals surface area (Å²) in [6, 6.07) is -0.436. The van der Waals surface area contributed by atoms with Crippen molar-refractivity contribution in [3.8, 4) is 0 Å². The summed E-state index contributed by atoms with van der Waals surface area (Å²) in [5, 5.41) is 2.64. The fourth-order valence-electron chi connectivity index (χ4n) is 2.36. The van der Waals surface area contributed by atoms with Crippen LogP contribution in [0.3, 0.4) is 0 Å². The molecule has 0 bridgehead atoms. The van der Waals surface area contributed by atoms with Crippen LogP contribution in [-0.2, 0) is 14.6 Å². The van der Waals surface area contributed by atoms with Gasteiger partial charge in [0.25, 0.3) is 0 Å². The van der Waals surface area contributed by atoms with Gasteiger partial charge in [0.05, 0.1) is 11.2 Å². The number of hydrogen-bond donors (Lipinski definition) is 0. The Morgan fingerprint density at radius 2 is 2.31 bits per heavy atom. The number of carbonyl (C=O) groups is 1. The third kappa shape index (κ3) is 1.06. The Kier molecular flexibility index (Phi) is 2.18. The molecule has 2 fully saturated rings. The van der Waals surface area contributed by atoms with Crippen molar-refractivity contribution in [2.75, 3.05) is 6.54 Å². The number of sulfone groups is 1. The number of fused-ring (bicyclic) bond motifs is 1. The fraction of sp³-hybridized carbons (Fsp3) is 0.875. The summed E-state index contributed by atoms with van der Waals surface area (Å²) >= 11 is 0. The molecule has 16 heavy (non-hydrogen) atoms. The number of amides is 1. The van der Waals surface area contributed by atoms with Gasteiger partial charge in [0, 0.05) is 17.5 Å². The maximum Gasteiger partial charge on any atom is 0.227 e. The van der Waals surface area contributed by atoms with E-state index >= 15 is 0 Å². The molecule has 0 aromatic heterocycles. The highest BCUT2D eigenvalue weighted by molar-refractivity contribution is 7.93. The Labute approximate surface area is 93.0 Å². The van der Waals surface area contributed by atoms with E-state index < -0.39 is 26.0 Å². The summed E-state index contributed by atoms with van der Waals surface area (Å²) in [5.74, 6) is -0.147. The molecular weight excluding hydrogens is 232 g/mol. The van der Waals surface area contributed by atoms with E-state index in [-0.39, 0.29) is 18.9 Å². The largest absolute Gasteiger partial charge is 0.321 e. The van der Waals surface area contributed by atoms with E-state index in [4.69, 9.17) is 5.53 Å². The van der Waals surface area contributed by atoms with Gasteiger partial charge in [0.1, 0.15) is 5.37 Å². The van der Waals surface area contributed by atoms with Crippen molar-refractivity contribution in [1.29, 1.82) is 0 Å². The standard InChI is InChI=1S/C8H12N4O3S/c1-5-8(2,4-10-11-9)16(14,15)7-3-6(13)12(5)7/h5,7H,3-4H2,1-2H3/t5-,7?,8-/m0/s1. The monoisotopic (exact) mass is 244 g/mol. The zero-order chi connectivity index (χ0) is 12.1. The second-order valence-corrected chi connectivity index (χ2v) is 6.95. The molecule has 2 saturated heterocycles. The van der Waals surface area contributed by atoms with Gasteiger partial charge >= 0.3 is 0 Å². The van der Waals surface area contributed by atoms with Crippen molar-refractivity contribution >= 4 is 15.7 Å². The van der Waals surface area contributed by atoms with Crippen molar-refractivity contribution in [2.45, 2.75) is 36.4 Å². The maximum atomic E-state index is 12.2. The Bertz CT molecular complexity index is 495. The van der Waals surface area contributed by atoms with Gasteiger partial charge in [-0.25, -0.2) is 8.42 Å². The van der Waals surface area contributed by atoms with Crippen LogP contribution in [0.2, 0.25) is 0 Å². The molecule has 0 aromatic carbocycles. The first kappa shape index (κ1) is 11.2. The lowest BCUT2D eigenvalue weighted by molar-refractivity contribution is -0.143. The van der Waals surface area contributed by atoms with Crippen LogP contribution in [0.1, 0.15) is 20.3 Å². The van der Waals surface area contributed by atoms with Gasteiger partial charge in [0.2, 0.25) is 5.91 Å². The van der Waals surface area contributed by atoms with Crippen molar-refractivity contribution in [2.24, 2.45) is 5.11 Å². The van der Waals surface area contributed by atoms with Gasteiger partial charge in [-0.2, -0.15) is 0 Å². The van der Waals surface area contributed by atoms with Gasteiger partial charge < -0.3 is 4.90 Å². The average molecular weight is 244 g/mol. The van der Waals surface area contributed by atoms with E-state index in [0.717, 1.165) is 0 Å². The number of hydrogen-bond acceptors (Lipinski definition) is 4. The van der Waals surface area contributed by atoms with E-state index in [0.29, 0.717) is 0 Å². The van der Waals surface area contributed by atoms with Gasteiger partial charge in [-0.15, -0.1) is 0 Å². The van der Waals surface area contributed by atoms with Crippen LogP contribution in [0.15, 0.2) is 5.11 Å². The van der Waals surface area contributed by atoms with Crippen molar-refractivity contribution in [3.63, 3.8) is 0 Å². The van der Waals surface area contributed by atoms with E-state index in [2.05, 4.69) is 10.0 Å². The molecule has 0 N–H and O–H groups in total. The maximum absolute atomic E-state index is 12.2. The number of β-lactam (4-membered cyclic amide) rings is 1. The molecular formula is C8H12N4O3S. The van der Waals surface area contributed by atoms with Crippen LogP contribution in [0.4, 0.5) is 0 Å². The minimum atomic E-state index is -3.44. The molecule has 88 valence electrons. The van der Waals surface area contributed by atoms with E-state index in [1.54, 1.807) is 6.92 Å². The van der Waals surface area contributed by atoms with E-state index in [1.165, 1.54) is 11.8 Å². The number of rotatable bonds is 2. The van der Waals surface area contributed by atoms with Crippen LogP contribution in [0.25, 0.3) is 10.4 Å². The summed E-state index contributed by atoms with van der Waals surface area (Å²) in [6.07, 6.45) is 0.0541. The van der Waals surface area contributed by atoms with Crippen molar-refractivity contribution < 1.29 is 13.2 Å². The lowest BCUT2D eigenvalue weighted by Gasteiger charge is -2.36. The van der Waals surface area contributed by atoms with Crippen LogP contribution in [0, 0.1) is 0 Å². The van der Waals surface area contributed by atoms with Crippen LogP contribution in [-0.4, -0.2) is 41.9 Å². The summed E-state index contributed by atoms with van der Waals surface area (Å²) in [5.41, 5.74) is 8.28. The first-order valence-corrected chi connectivity index (χ1v) is 6.46. The first-order chi connectivity index (χ1) is 7.36. The lowest BCUT2D eigenvalue weighted by atomic mass is 9.98. The van der Waals surface area contributed by atoms with E-state index in [1.807, 2.05) is 0 Å². The highest BCUT2D eigenvalue weighted by Gasteiger charge is 2.65. The molecule has 7 nitrogen and oxygen atoms in total. The van der Waals surface area contributed by atoms with Crippen molar-refractivity contribution in [3.05, 3.63) is 10.4 Å². The highest BCUT2D eigenvalue weighted by atomic mass is 32.2. The third-order valence-corrected chi connectivity index (χ3v) is 6.58. The summed E-state index contributed by atoms with van der Waals surface area (Å²) in [6.45, 7) is 3.09. The SMILES string of the molecule is C[C@@H]1N2C(=O)CC2S(=O)(=O)[C@@]1(C)CN=[N+]=[N-]. The molecule has 0 aromatic rings. The molecule has 2 heterocycles. The quantitative estimate of drug-likeness (QED) is 0.304. The molecule has 0 radical (unpaired) electrons. The predicted octanol–water partition coefficient (Wildman–Crippen LogP) is 0.431.